The lowest BCUT2D eigenvalue weighted by Gasteiger charge is -2.03. The van der Waals surface area contributed by atoms with Gasteiger partial charge in [0.25, 0.3) is 0 Å². The average molecular weight is 258 g/mol. The summed E-state index contributed by atoms with van der Waals surface area (Å²) in [5.41, 5.74) is 0.576. The third kappa shape index (κ3) is 1.99. The van der Waals surface area contributed by atoms with Gasteiger partial charge in [0.05, 0.1) is 0 Å². The molecule has 94 valence electrons. The van der Waals surface area contributed by atoms with Crippen LogP contribution in [0.4, 0.5) is 9.18 Å². The van der Waals surface area contributed by atoms with Crippen LogP contribution >= 0.6 is 0 Å². The van der Waals surface area contributed by atoms with Crippen LogP contribution in [0.5, 0.6) is 0 Å². The molecule has 0 aliphatic heterocycles. The summed E-state index contributed by atoms with van der Waals surface area (Å²) in [6.07, 6.45) is 1.43. The predicted octanol–water partition coefficient (Wildman–Crippen LogP) is 1.19. The van der Waals surface area contributed by atoms with Crippen LogP contribution in [-0.2, 0) is 0 Å². The molecule has 3 rings (SSSR count). The highest BCUT2D eigenvalue weighted by Crippen LogP contribution is 2.16. The Morgan fingerprint density at radius 1 is 1.21 bits per heavy atom. The van der Waals surface area contributed by atoms with Crippen LogP contribution in [0.1, 0.15) is 0 Å². The van der Waals surface area contributed by atoms with Crippen LogP contribution in [-0.4, -0.2) is 35.6 Å². The molecule has 0 radical (unpaired) electrons. The molecule has 2 aromatic heterocycles. The highest BCUT2D eigenvalue weighted by atomic mass is 19.1. The second-order valence-electron chi connectivity index (χ2n) is 3.60. The normalized spacial score (nSPS) is 10.6. The summed E-state index contributed by atoms with van der Waals surface area (Å²) in [5, 5.41) is 7.13. The zero-order valence-corrected chi connectivity index (χ0v) is 9.51. The van der Waals surface area contributed by atoms with Crippen LogP contribution in [0.2, 0.25) is 0 Å². The molecular weight excluding hydrogens is 251 g/mol. The minimum atomic E-state index is -0.979. The largest absolute Gasteiger partial charge is 0.372 e. The van der Waals surface area contributed by atoms with Crippen molar-refractivity contribution in [2.45, 2.75) is 0 Å². The minimum Gasteiger partial charge on any atom is -0.243 e. The lowest BCUT2D eigenvalue weighted by molar-refractivity contribution is 0.238. The van der Waals surface area contributed by atoms with E-state index in [1.807, 2.05) is 0 Å². The van der Waals surface area contributed by atoms with Crippen LogP contribution in [0.25, 0.3) is 11.4 Å². The van der Waals surface area contributed by atoms with Gasteiger partial charge in [0, 0.05) is 5.56 Å². The molecule has 0 saturated heterocycles. The fourth-order valence-electron chi connectivity index (χ4n) is 1.60. The van der Waals surface area contributed by atoms with Gasteiger partial charge >= 0.3 is 12.1 Å². The molecule has 0 bridgehead atoms. The third-order valence-electron chi connectivity index (χ3n) is 2.41. The zero-order chi connectivity index (χ0) is 13.2. The summed E-state index contributed by atoms with van der Waals surface area (Å²) in [5.74, 6) is 0.110. The summed E-state index contributed by atoms with van der Waals surface area (Å²) in [7, 11) is 0. The van der Waals surface area contributed by atoms with Crippen molar-refractivity contribution < 1.29 is 9.18 Å². The van der Waals surface area contributed by atoms with Crippen LogP contribution < -0.4 is 0 Å². The number of hydrogen-bond acceptors (Lipinski definition) is 5. The van der Waals surface area contributed by atoms with Crippen LogP contribution in [0.3, 0.4) is 0 Å². The number of halogens is 1. The van der Waals surface area contributed by atoms with Gasteiger partial charge in [-0.25, -0.2) is 9.78 Å². The Hall–Kier alpha value is -2.90. The predicted molar refractivity (Wildman–Crippen MR) is 61.6 cm³/mol. The van der Waals surface area contributed by atoms with Crippen LogP contribution in [0, 0.1) is 6.08 Å². The molecule has 0 fully saturated rings. The zero-order valence-electron chi connectivity index (χ0n) is 9.51. The molecule has 0 aliphatic carbocycles. The van der Waals surface area contributed by atoms with Crippen molar-refractivity contribution in [3.8, 4) is 11.4 Å². The molecule has 8 heteroatoms. The minimum absolute atomic E-state index is 0.110. The maximum Gasteiger partial charge on any atom is 0.372 e. The maximum absolute atomic E-state index is 13.2. The molecule has 3 aromatic rings. The van der Waals surface area contributed by atoms with Crippen molar-refractivity contribution >= 4 is 6.03 Å². The van der Waals surface area contributed by atoms with Gasteiger partial charge in [-0.3, -0.25) is 0 Å². The van der Waals surface area contributed by atoms with Gasteiger partial charge in [-0.2, -0.15) is 23.8 Å². The van der Waals surface area contributed by atoms with Crippen LogP contribution in [0.15, 0.2) is 43.0 Å². The smallest absolute Gasteiger partial charge is 0.243 e. The van der Waals surface area contributed by atoms with Crippen molar-refractivity contribution in [3.05, 3.63) is 49.1 Å². The van der Waals surface area contributed by atoms with Gasteiger partial charge in [-0.15, -0.1) is 5.10 Å². The summed E-state index contributed by atoms with van der Waals surface area (Å²) in [6, 6.07) is 8.06. The summed E-state index contributed by atoms with van der Waals surface area (Å²) < 4.78 is 15.0. The molecule has 0 amide bonds. The first-order chi connectivity index (χ1) is 9.25. The van der Waals surface area contributed by atoms with Crippen molar-refractivity contribution in [2.75, 3.05) is 0 Å². The summed E-state index contributed by atoms with van der Waals surface area (Å²) >= 11 is 0. The van der Waals surface area contributed by atoms with Gasteiger partial charge in [-0.1, -0.05) is 30.3 Å². The van der Waals surface area contributed by atoms with E-state index in [2.05, 4.69) is 20.2 Å². The molecule has 1 aromatic carbocycles. The first-order valence-corrected chi connectivity index (χ1v) is 5.33. The molecule has 7 nitrogen and oxygen atoms in total. The number of hydrogen-bond donors (Lipinski definition) is 0. The number of carbonyl (C=O) groups is 1. The number of nitrogens with zero attached hydrogens (tertiary/aromatic N) is 6. The number of benzene rings is 1. The standard InChI is InChI=1S/C11H7FN6O/c12-10-15-9(8-4-2-1-3-5-8)18(16-10)11(19)17-7-13-6-14-17/h1-7H. The Morgan fingerprint density at radius 3 is 2.68 bits per heavy atom. The molecule has 0 N–H and O–H groups in total. The number of carbonyl (C=O) groups excluding carboxylic acids is 1. The second kappa shape index (κ2) is 4.41. The third-order valence-corrected chi connectivity index (χ3v) is 2.41. The topological polar surface area (TPSA) is 78.5 Å². The van der Waals surface area contributed by atoms with E-state index in [0.717, 1.165) is 9.36 Å². The van der Waals surface area contributed by atoms with E-state index >= 15 is 0 Å². The van der Waals surface area contributed by atoms with E-state index in [4.69, 9.17) is 0 Å². The maximum atomic E-state index is 13.2. The molecule has 0 aliphatic rings. The van der Waals surface area contributed by atoms with Crippen molar-refractivity contribution in [1.82, 2.24) is 29.5 Å². The van der Waals surface area contributed by atoms with E-state index in [1.165, 1.54) is 12.7 Å². The van der Waals surface area contributed by atoms with E-state index in [9.17, 15) is 9.18 Å². The van der Waals surface area contributed by atoms with Gasteiger partial charge < -0.3 is 0 Å². The first kappa shape index (κ1) is 11.2. The highest BCUT2D eigenvalue weighted by molar-refractivity contribution is 5.81. The molecule has 0 unspecified atom stereocenters. The molecular formula is C11H7FN6O. The SMILES string of the molecule is O=C(n1cncn1)n1nc(F)nc1-c1ccccc1. The Morgan fingerprint density at radius 2 is 2.00 bits per heavy atom. The van der Waals surface area contributed by atoms with E-state index in [1.54, 1.807) is 30.3 Å². The van der Waals surface area contributed by atoms with E-state index < -0.39 is 12.1 Å². The van der Waals surface area contributed by atoms with Crippen molar-refractivity contribution in [3.63, 3.8) is 0 Å². The quantitative estimate of drug-likeness (QED) is 0.655. The van der Waals surface area contributed by atoms with Crippen molar-refractivity contribution in [2.24, 2.45) is 0 Å². The Labute approximate surface area is 106 Å². The number of rotatable bonds is 1. The highest BCUT2D eigenvalue weighted by Gasteiger charge is 2.19. The molecule has 19 heavy (non-hydrogen) atoms. The lowest BCUT2D eigenvalue weighted by Crippen LogP contribution is -2.22. The summed E-state index contributed by atoms with van der Waals surface area (Å²) in [6.45, 7) is 0. The van der Waals surface area contributed by atoms with Gasteiger partial charge in [-0.05, 0) is 0 Å². The molecule has 0 spiro atoms. The molecule has 0 atom stereocenters. The lowest BCUT2D eigenvalue weighted by atomic mass is 10.2. The average Bonchev–Trinajstić information content (AvgIpc) is 3.08. The Kier molecular flexibility index (Phi) is 2.60. The Bertz CT molecular complexity index is 706. The Balaban J connectivity index is 2.10. The van der Waals surface area contributed by atoms with E-state index in [-0.39, 0.29) is 5.82 Å². The summed E-state index contributed by atoms with van der Waals surface area (Å²) in [4.78, 5) is 19.3. The van der Waals surface area contributed by atoms with Gasteiger partial charge in [0.15, 0.2) is 5.82 Å². The van der Waals surface area contributed by atoms with Crippen molar-refractivity contribution in [1.29, 1.82) is 0 Å². The van der Waals surface area contributed by atoms with Gasteiger partial charge in [0.2, 0.25) is 0 Å². The first-order valence-electron chi connectivity index (χ1n) is 5.33. The van der Waals surface area contributed by atoms with Gasteiger partial charge in [0.1, 0.15) is 12.7 Å². The number of aromatic nitrogens is 6. The molecule has 2 heterocycles. The van der Waals surface area contributed by atoms with E-state index in [0.29, 0.717) is 5.56 Å². The molecule has 0 saturated carbocycles. The fourth-order valence-corrected chi connectivity index (χ4v) is 1.60. The fraction of sp³-hybridized carbons (Fsp3) is 0. The monoisotopic (exact) mass is 258 g/mol. The second-order valence-corrected chi connectivity index (χ2v) is 3.60.